The molecular formula is C25H23ClN4O3. The monoisotopic (exact) mass is 462 g/mol. The number of amidine groups is 1. The highest BCUT2D eigenvalue weighted by molar-refractivity contribution is 6.31. The highest BCUT2D eigenvalue weighted by Crippen LogP contribution is 2.19. The third kappa shape index (κ3) is 6.05. The van der Waals surface area contributed by atoms with E-state index in [0.29, 0.717) is 27.3 Å². The van der Waals surface area contributed by atoms with Crippen molar-refractivity contribution in [1.29, 1.82) is 0 Å². The molecule has 168 valence electrons. The summed E-state index contributed by atoms with van der Waals surface area (Å²) in [6.45, 7) is 0. The van der Waals surface area contributed by atoms with Crippen molar-refractivity contribution >= 4 is 35.2 Å². The van der Waals surface area contributed by atoms with Crippen LogP contribution in [0, 0.1) is 0 Å². The smallest absolute Gasteiger partial charge is 0.274 e. The third-order valence-electron chi connectivity index (χ3n) is 4.81. The van der Waals surface area contributed by atoms with E-state index in [4.69, 9.17) is 17.3 Å². The Morgan fingerprint density at radius 1 is 0.879 bits per heavy atom. The minimum Gasteiger partial charge on any atom is -0.383 e. The summed E-state index contributed by atoms with van der Waals surface area (Å²) in [7, 11) is 3.30. The highest BCUT2D eigenvalue weighted by atomic mass is 35.5. The first-order chi connectivity index (χ1) is 15.8. The molecular weight excluding hydrogens is 440 g/mol. The lowest BCUT2D eigenvalue weighted by molar-refractivity contribution is -0.119. The van der Waals surface area contributed by atoms with Gasteiger partial charge < -0.3 is 16.0 Å². The zero-order valence-electron chi connectivity index (χ0n) is 18.2. The summed E-state index contributed by atoms with van der Waals surface area (Å²) in [4.78, 5) is 43.6. The van der Waals surface area contributed by atoms with Crippen LogP contribution in [0.4, 0.5) is 0 Å². The Kier molecular flexibility index (Phi) is 7.58. The molecule has 0 bridgehead atoms. The number of carbonyl (C=O) groups is 3. The van der Waals surface area contributed by atoms with Gasteiger partial charge in [-0.05, 0) is 35.9 Å². The third-order valence-corrected chi connectivity index (χ3v) is 5.04. The fourth-order valence-corrected chi connectivity index (χ4v) is 3.26. The van der Waals surface area contributed by atoms with Crippen LogP contribution in [0.1, 0.15) is 37.9 Å². The summed E-state index contributed by atoms with van der Waals surface area (Å²) in [6, 6.07) is 20.5. The van der Waals surface area contributed by atoms with Gasteiger partial charge in [-0.25, -0.2) is 0 Å². The van der Waals surface area contributed by atoms with E-state index in [1.165, 1.54) is 11.0 Å². The Morgan fingerprint density at radius 2 is 1.52 bits per heavy atom. The topological polar surface area (TPSA) is 105 Å². The minimum atomic E-state index is -1.12. The number of aliphatic imine (C=N–C) groups is 1. The molecule has 0 spiro atoms. The van der Waals surface area contributed by atoms with E-state index in [2.05, 4.69) is 10.3 Å². The van der Waals surface area contributed by atoms with Crippen LogP contribution in [0.15, 0.2) is 83.9 Å². The fraction of sp³-hybridized carbons (Fsp3) is 0.120. The van der Waals surface area contributed by atoms with Crippen LogP contribution in [0.2, 0.25) is 5.02 Å². The largest absolute Gasteiger partial charge is 0.383 e. The predicted molar refractivity (Wildman–Crippen MR) is 128 cm³/mol. The van der Waals surface area contributed by atoms with Gasteiger partial charge in [-0.15, -0.1) is 0 Å². The number of hydrogen-bond acceptors (Lipinski definition) is 3. The molecule has 3 rings (SSSR count). The number of nitrogens with zero attached hydrogens (tertiary/aromatic N) is 2. The van der Waals surface area contributed by atoms with Gasteiger partial charge in [0.25, 0.3) is 17.7 Å². The van der Waals surface area contributed by atoms with Gasteiger partial charge in [0.05, 0.1) is 0 Å². The molecule has 3 aromatic carbocycles. The lowest BCUT2D eigenvalue weighted by Gasteiger charge is -2.17. The molecule has 3 amide bonds. The van der Waals surface area contributed by atoms with E-state index in [1.54, 1.807) is 80.8 Å². The van der Waals surface area contributed by atoms with E-state index in [9.17, 15) is 14.4 Å². The van der Waals surface area contributed by atoms with Crippen molar-refractivity contribution < 1.29 is 14.4 Å². The van der Waals surface area contributed by atoms with Crippen LogP contribution in [-0.2, 0) is 4.79 Å². The molecule has 0 saturated carbocycles. The van der Waals surface area contributed by atoms with Crippen molar-refractivity contribution in [3.05, 3.63) is 106 Å². The summed E-state index contributed by atoms with van der Waals surface area (Å²) in [5.74, 6) is -1.31. The predicted octanol–water partition coefficient (Wildman–Crippen LogP) is 3.45. The SMILES string of the molecule is CN(C)C(=O)c1ccc(C(NC(=O)c2cccc(Cl)c2)C(=O)N=C(N)c2ccccc2)cc1. The van der Waals surface area contributed by atoms with Gasteiger partial charge in [0.15, 0.2) is 0 Å². The second-order valence-corrected chi connectivity index (χ2v) is 7.88. The zero-order chi connectivity index (χ0) is 24.0. The van der Waals surface area contributed by atoms with Gasteiger partial charge in [-0.2, -0.15) is 4.99 Å². The number of hydrogen-bond donors (Lipinski definition) is 2. The number of nitrogens with two attached hydrogens (primary N) is 1. The lowest BCUT2D eigenvalue weighted by atomic mass is 10.0. The molecule has 1 unspecified atom stereocenters. The maximum Gasteiger partial charge on any atom is 0.274 e. The van der Waals surface area contributed by atoms with Crippen LogP contribution in [0.25, 0.3) is 0 Å². The Balaban J connectivity index is 1.94. The van der Waals surface area contributed by atoms with Crippen LogP contribution < -0.4 is 11.1 Å². The van der Waals surface area contributed by atoms with E-state index >= 15 is 0 Å². The highest BCUT2D eigenvalue weighted by Gasteiger charge is 2.24. The van der Waals surface area contributed by atoms with Crippen molar-refractivity contribution in [2.75, 3.05) is 14.1 Å². The molecule has 0 saturated heterocycles. The van der Waals surface area contributed by atoms with Crippen LogP contribution in [0.5, 0.6) is 0 Å². The van der Waals surface area contributed by atoms with Crippen LogP contribution in [-0.4, -0.2) is 42.6 Å². The maximum absolute atomic E-state index is 13.1. The Morgan fingerprint density at radius 3 is 2.12 bits per heavy atom. The summed E-state index contributed by atoms with van der Waals surface area (Å²) >= 11 is 5.99. The molecule has 0 heterocycles. The number of carbonyl (C=O) groups excluding carboxylic acids is 3. The number of rotatable bonds is 6. The lowest BCUT2D eigenvalue weighted by Crippen LogP contribution is -2.34. The molecule has 33 heavy (non-hydrogen) atoms. The first-order valence-corrected chi connectivity index (χ1v) is 10.5. The van der Waals surface area contributed by atoms with Gasteiger partial charge >= 0.3 is 0 Å². The molecule has 8 heteroatoms. The Bertz CT molecular complexity index is 1190. The van der Waals surface area contributed by atoms with E-state index < -0.39 is 17.9 Å². The normalized spacial score (nSPS) is 12.0. The van der Waals surface area contributed by atoms with Crippen LogP contribution in [0.3, 0.4) is 0 Å². The molecule has 0 aromatic heterocycles. The molecule has 3 aromatic rings. The van der Waals surface area contributed by atoms with Gasteiger partial charge in [-0.3, -0.25) is 14.4 Å². The average Bonchev–Trinajstić information content (AvgIpc) is 2.82. The van der Waals surface area contributed by atoms with Crippen molar-refractivity contribution in [1.82, 2.24) is 10.2 Å². The van der Waals surface area contributed by atoms with Crippen molar-refractivity contribution in [3.8, 4) is 0 Å². The van der Waals surface area contributed by atoms with Gasteiger partial charge in [-0.1, -0.05) is 60.1 Å². The van der Waals surface area contributed by atoms with Gasteiger partial charge in [0, 0.05) is 35.8 Å². The fourth-order valence-electron chi connectivity index (χ4n) is 3.06. The molecule has 3 N–H and O–H groups in total. The second-order valence-electron chi connectivity index (χ2n) is 7.44. The average molecular weight is 463 g/mol. The maximum atomic E-state index is 13.1. The summed E-state index contributed by atoms with van der Waals surface area (Å²) in [6.07, 6.45) is 0. The molecule has 7 nitrogen and oxygen atoms in total. The minimum absolute atomic E-state index is 0.0296. The van der Waals surface area contributed by atoms with Crippen molar-refractivity contribution in [2.24, 2.45) is 10.7 Å². The second kappa shape index (κ2) is 10.6. The molecule has 0 radical (unpaired) electrons. The number of amides is 3. The zero-order valence-corrected chi connectivity index (χ0v) is 18.9. The number of halogens is 1. The summed E-state index contributed by atoms with van der Waals surface area (Å²) in [5, 5.41) is 3.09. The first-order valence-electron chi connectivity index (χ1n) is 10.1. The summed E-state index contributed by atoms with van der Waals surface area (Å²) in [5.41, 5.74) is 7.79. The van der Waals surface area contributed by atoms with Gasteiger partial charge in [0.2, 0.25) is 0 Å². The Hall–Kier alpha value is -3.97. The summed E-state index contributed by atoms with van der Waals surface area (Å²) < 4.78 is 0. The van der Waals surface area contributed by atoms with E-state index in [1.807, 2.05) is 6.07 Å². The number of nitrogens with one attached hydrogen (secondary N) is 1. The standard InChI is InChI=1S/C25H23ClN4O3/c1-30(2)25(33)18-13-11-16(12-14-18)21(28-23(31)19-9-6-10-20(26)15-19)24(32)29-22(27)17-7-4-3-5-8-17/h3-15,21H,1-2H3,(H,28,31)(H2,27,29,32). The van der Waals surface area contributed by atoms with Gasteiger partial charge in [0.1, 0.15) is 11.9 Å². The molecule has 1 atom stereocenters. The molecule has 0 fully saturated rings. The van der Waals surface area contributed by atoms with Crippen molar-refractivity contribution in [3.63, 3.8) is 0 Å². The Labute approximate surface area is 196 Å². The molecule has 0 aliphatic carbocycles. The van der Waals surface area contributed by atoms with Crippen LogP contribution >= 0.6 is 11.6 Å². The quantitative estimate of drug-likeness (QED) is 0.432. The van der Waals surface area contributed by atoms with E-state index in [0.717, 1.165) is 0 Å². The molecule has 0 aliphatic rings. The van der Waals surface area contributed by atoms with Crippen molar-refractivity contribution in [2.45, 2.75) is 6.04 Å². The molecule has 0 aliphatic heterocycles. The number of benzene rings is 3. The van der Waals surface area contributed by atoms with E-state index in [-0.39, 0.29) is 11.7 Å². The first kappa shape index (κ1) is 23.7.